The van der Waals surface area contributed by atoms with Crippen molar-refractivity contribution < 1.29 is 33.4 Å². The molecule has 1 amide bonds. The van der Waals surface area contributed by atoms with Crippen molar-refractivity contribution in [1.82, 2.24) is 14.9 Å². The lowest BCUT2D eigenvalue weighted by Gasteiger charge is -2.31. The molecule has 0 unspecified atom stereocenters. The van der Waals surface area contributed by atoms with Gasteiger partial charge in [0, 0.05) is 17.4 Å². The van der Waals surface area contributed by atoms with Gasteiger partial charge in [-0.25, -0.2) is 19.1 Å². The Morgan fingerprint density at radius 1 is 0.694 bits per heavy atom. The van der Waals surface area contributed by atoms with E-state index >= 15 is 0 Å². The molecule has 62 heavy (non-hydrogen) atoms. The van der Waals surface area contributed by atoms with Crippen LogP contribution >= 0.6 is 7.60 Å². The second-order valence-electron chi connectivity index (χ2n) is 16.7. The van der Waals surface area contributed by atoms with Gasteiger partial charge in [0.15, 0.2) is 0 Å². The molecule has 1 heterocycles. The molecule has 320 valence electrons. The van der Waals surface area contributed by atoms with E-state index < -0.39 is 31.5 Å². The Morgan fingerprint density at radius 3 is 1.69 bits per heavy atom. The van der Waals surface area contributed by atoms with Crippen LogP contribution in [0.25, 0.3) is 33.5 Å². The number of imidazole rings is 1. The molecule has 2 aliphatic carbocycles. The molecule has 0 aliphatic heterocycles. The molecule has 5 aromatic carbocycles. The number of carbonyl (C=O) groups excluding carboxylic acids is 2. The molecule has 3 N–H and O–H groups in total. The van der Waals surface area contributed by atoms with E-state index in [1.807, 2.05) is 84.9 Å². The minimum atomic E-state index is -4.58. The molecule has 1 aromatic heterocycles. The lowest BCUT2D eigenvalue weighted by molar-refractivity contribution is 0.125. The quantitative estimate of drug-likeness (QED) is 0.0609. The number of rotatable bonds is 17. The standard InChI is InChI=1S/C51H54N3O7P/c1-3-4-5-6-7-8-17-35-26-28-36(29-27-35)47-32-52-48(54(47)50(56)61-34-46-43-24-15-11-20-39(43)40-21-12-16-25-44(40)46)51(2,30-31-62(57,58)59)53-49(55)60-33-45-41-22-13-9-18-37(41)38-19-10-14-23-42(38)45/h9-16,18-29,32,45-46H,3-8,17,30-31,33-34H2,1-2H3,(H,53,55)(H2,57,58,59)/t51-/m0/s1. The van der Waals surface area contributed by atoms with Crippen LogP contribution in [0.4, 0.5) is 9.59 Å². The zero-order valence-corrected chi connectivity index (χ0v) is 36.2. The number of nitrogens with one attached hydrogen (secondary N) is 1. The van der Waals surface area contributed by atoms with Gasteiger partial charge in [-0.05, 0) is 76.3 Å². The van der Waals surface area contributed by atoms with Crippen molar-refractivity contribution >= 4 is 19.8 Å². The highest BCUT2D eigenvalue weighted by Crippen LogP contribution is 2.46. The molecule has 0 fully saturated rings. The Kier molecular flexibility index (Phi) is 12.9. The van der Waals surface area contributed by atoms with Crippen molar-refractivity contribution in [3.8, 4) is 33.5 Å². The van der Waals surface area contributed by atoms with Crippen molar-refractivity contribution in [2.24, 2.45) is 0 Å². The Labute approximate surface area is 363 Å². The lowest BCUT2D eigenvalue weighted by atomic mass is 9.97. The molecular formula is C51H54N3O7P. The van der Waals surface area contributed by atoms with Crippen LogP contribution in [0.3, 0.4) is 0 Å². The molecule has 0 saturated heterocycles. The molecule has 1 atom stereocenters. The number of fused-ring (bicyclic) bond motifs is 6. The summed E-state index contributed by atoms with van der Waals surface area (Å²) in [6, 6.07) is 40.2. The zero-order valence-electron chi connectivity index (χ0n) is 35.3. The topological polar surface area (TPSA) is 140 Å². The molecule has 2 aliphatic rings. The highest BCUT2D eigenvalue weighted by atomic mass is 31.2. The van der Waals surface area contributed by atoms with E-state index in [0.717, 1.165) is 57.3 Å². The van der Waals surface area contributed by atoms with Crippen molar-refractivity contribution in [3.63, 3.8) is 0 Å². The number of carbonyl (C=O) groups is 2. The first-order valence-corrected chi connectivity index (χ1v) is 23.5. The van der Waals surface area contributed by atoms with Gasteiger partial charge in [0.1, 0.15) is 19.0 Å². The van der Waals surface area contributed by atoms with Gasteiger partial charge in [0.25, 0.3) is 0 Å². The predicted octanol–water partition coefficient (Wildman–Crippen LogP) is 11.6. The summed E-state index contributed by atoms with van der Waals surface area (Å²) in [6.45, 7) is 3.87. The molecule has 10 nitrogen and oxygen atoms in total. The fourth-order valence-corrected chi connectivity index (χ4v) is 9.94. The minimum absolute atomic E-state index is 0.0194. The molecule has 6 aromatic rings. The molecule has 11 heteroatoms. The molecule has 8 rings (SSSR count). The van der Waals surface area contributed by atoms with Gasteiger partial charge >= 0.3 is 19.8 Å². The number of aryl methyl sites for hydroxylation is 1. The summed E-state index contributed by atoms with van der Waals surface area (Å²) < 4.78 is 25.9. The summed E-state index contributed by atoms with van der Waals surface area (Å²) in [4.78, 5) is 53.6. The molecule has 0 saturated carbocycles. The van der Waals surface area contributed by atoms with Crippen LogP contribution in [0, 0.1) is 0 Å². The fourth-order valence-electron chi connectivity index (χ4n) is 9.20. The van der Waals surface area contributed by atoms with Crippen LogP contribution in [0.15, 0.2) is 128 Å². The van der Waals surface area contributed by atoms with Crippen LogP contribution in [-0.2, 0) is 26.0 Å². The Balaban J connectivity index is 1.09. The number of benzene rings is 5. The van der Waals surface area contributed by atoms with Crippen molar-refractivity contribution in [1.29, 1.82) is 0 Å². The summed E-state index contributed by atoms with van der Waals surface area (Å²) in [6.07, 6.45) is 7.29. The highest BCUT2D eigenvalue weighted by Gasteiger charge is 2.40. The largest absolute Gasteiger partial charge is 0.449 e. The van der Waals surface area contributed by atoms with E-state index in [4.69, 9.17) is 14.5 Å². The normalized spacial score (nSPS) is 14.1. The van der Waals surface area contributed by atoms with Crippen molar-refractivity contribution in [2.75, 3.05) is 19.4 Å². The van der Waals surface area contributed by atoms with Crippen LogP contribution in [0.5, 0.6) is 0 Å². The average molecular weight is 852 g/mol. The van der Waals surface area contributed by atoms with E-state index in [2.05, 4.69) is 48.6 Å². The molecule has 0 spiro atoms. The maximum atomic E-state index is 14.7. The molecule has 0 radical (unpaired) electrons. The van der Waals surface area contributed by atoms with Gasteiger partial charge in [0.05, 0.1) is 23.6 Å². The lowest BCUT2D eigenvalue weighted by Crippen LogP contribution is -2.47. The molecular weight excluding hydrogens is 798 g/mol. The number of aromatic nitrogens is 2. The second-order valence-corrected chi connectivity index (χ2v) is 18.5. The third-order valence-electron chi connectivity index (χ3n) is 12.5. The summed E-state index contributed by atoms with van der Waals surface area (Å²) in [7, 11) is -4.58. The number of alkyl carbamates (subject to hydrolysis) is 1. The van der Waals surface area contributed by atoms with Crippen LogP contribution < -0.4 is 5.32 Å². The fraction of sp³-hybridized carbons (Fsp3) is 0.314. The second kappa shape index (κ2) is 18.7. The third-order valence-corrected chi connectivity index (χ3v) is 13.3. The van der Waals surface area contributed by atoms with Gasteiger partial charge in [0.2, 0.25) is 0 Å². The first kappa shape index (κ1) is 42.9. The monoisotopic (exact) mass is 851 g/mol. The smallest absolute Gasteiger partial charge is 0.420 e. The van der Waals surface area contributed by atoms with E-state index in [1.54, 1.807) is 13.1 Å². The van der Waals surface area contributed by atoms with E-state index in [0.29, 0.717) is 11.3 Å². The SMILES string of the molecule is CCCCCCCCc1ccc(-c2cnc([C@](C)(CCP(=O)(O)O)NC(=O)OCC3c4ccccc4-c4ccccc43)n2C(=O)OCC2c3ccccc3-c3ccccc32)cc1. The number of amides is 1. The summed E-state index contributed by atoms with van der Waals surface area (Å²) in [5.74, 6) is -0.376. The Hall–Kier alpha value is -5.80. The number of nitrogens with zero attached hydrogens (tertiary/aromatic N) is 2. The highest BCUT2D eigenvalue weighted by molar-refractivity contribution is 7.51. The summed E-state index contributed by atoms with van der Waals surface area (Å²) >= 11 is 0. The number of hydrogen-bond acceptors (Lipinski definition) is 6. The number of ether oxygens (including phenoxy) is 2. The Morgan fingerprint density at radius 2 is 1.18 bits per heavy atom. The first-order chi connectivity index (χ1) is 30.0. The van der Waals surface area contributed by atoms with Crippen LogP contribution in [0.1, 0.15) is 104 Å². The van der Waals surface area contributed by atoms with Gasteiger partial charge in [-0.2, -0.15) is 0 Å². The maximum Gasteiger partial charge on any atom is 0.420 e. The zero-order chi connectivity index (χ0) is 43.3. The number of hydrogen-bond donors (Lipinski definition) is 3. The Bertz CT molecular complexity index is 2510. The van der Waals surface area contributed by atoms with Crippen LogP contribution in [0.2, 0.25) is 0 Å². The van der Waals surface area contributed by atoms with E-state index in [1.165, 1.54) is 42.2 Å². The minimum Gasteiger partial charge on any atom is -0.449 e. The average Bonchev–Trinajstić information content (AvgIpc) is 3.97. The van der Waals surface area contributed by atoms with Crippen LogP contribution in [-0.4, -0.2) is 50.9 Å². The summed E-state index contributed by atoms with van der Waals surface area (Å²) in [5.41, 5.74) is 9.23. The van der Waals surface area contributed by atoms with Gasteiger partial charge in [-0.1, -0.05) is 160 Å². The van der Waals surface area contributed by atoms with Crippen molar-refractivity contribution in [3.05, 3.63) is 161 Å². The maximum absolute atomic E-state index is 14.7. The third kappa shape index (κ3) is 9.19. The molecule has 0 bridgehead atoms. The van der Waals surface area contributed by atoms with Gasteiger partial charge in [-0.3, -0.25) is 4.57 Å². The van der Waals surface area contributed by atoms with E-state index in [9.17, 15) is 23.9 Å². The predicted molar refractivity (Wildman–Crippen MR) is 242 cm³/mol. The van der Waals surface area contributed by atoms with E-state index in [-0.39, 0.29) is 37.3 Å². The van der Waals surface area contributed by atoms with Gasteiger partial charge in [-0.15, -0.1) is 0 Å². The summed E-state index contributed by atoms with van der Waals surface area (Å²) in [5, 5.41) is 2.89. The van der Waals surface area contributed by atoms with Crippen molar-refractivity contribution in [2.45, 2.75) is 82.6 Å². The first-order valence-electron chi connectivity index (χ1n) is 21.8. The number of unbranched alkanes of at least 4 members (excludes halogenated alkanes) is 5. The van der Waals surface area contributed by atoms with Gasteiger partial charge < -0.3 is 24.6 Å².